The van der Waals surface area contributed by atoms with Gasteiger partial charge in [0.15, 0.2) is 0 Å². The molecule has 1 aliphatic rings. The molecule has 7 nitrogen and oxygen atoms in total. The largest absolute Gasteiger partial charge is 0.493 e. The lowest BCUT2D eigenvalue weighted by molar-refractivity contribution is -0.120. The molecule has 3 rings (SSSR count). The van der Waals surface area contributed by atoms with Crippen molar-refractivity contribution in [1.29, 1.82) is 0 Å². The highest BCUT2D eigenvalue weighted by Gasteiger charge is 2.45. The van der Waals surface area contributed by atoms with Gasteiger partial charge in [-0.3, -0.25) is 4.79 Å². The lowest BCUT2D eigenvalue weighted by atomic mass is 9.79. The van der Waals surface area contributed by atoms with E-state index >= 15 is 0 Å². The van der Waals surface area contributed by atoms with Crippen LogP contribution >= 0.6 is 0 Å². The number of nitrogens with one attached hydrogen (secondary N) is 1. The van der Waals surface area contributed by atoms with Crippen molar-refractivity contribution in [1.82, 2.24) is 5.32 Å². The normalized spacial score (nSPS) is 15.5. The van der Waals surface area contributed by atoms with Gasteiger partial charge in [-0.1, -0.05) is 27.7 Å². The van der Waals surface area contributed by atoms with Crippen molar-refractivity contribution in [2.45, 2.75) is 77.9 Å². The summed E-state index contributed by atoms with van der Waals surface area (Å²) in [5, 5.41) is 15.5. The Kier molecular flexibility index (Phi) is 10.3. The Bertz CT molecular complexity index is 876. The molecule has 0 aromatic heterocycles. The molecule has 2 aromatic rings. The summed E-state index contributed by atoms with van der Waals surface area (Å²) in [6, 6.07) is 10.5. The molecule has 7 heteroatoms. The zero-order chi connectivity index (χ0) is 26.0. The SMILES string of the molecule is CCCOc1cc(OCCC)cc(C(O)(c2cc(OCCC)cc(OCCC)c2)[C@H]2CCC(=O)N2)c1. The van der Waals surface area contributed by atoms with Crippen molar-refractivity contribution < 1.29 is 28.8 Å². The van der Waals surface area contributed by atoms with E-state index in [-0.39, 0.29) is 5.91 Å². The van der Waals surface area contributed by atoms with Crippen LogP contribution in [0.3, 0.4) is 0 Å². The van der Waals surface area contributed by atoms with Crippen LogP contribution in [0.2, 0.25) is 0 Å². The zero-order valence-electron chi connectivity index (χ0n) is 22.1. The maximum atomic E-state index is 12.5. The van der Waals surface area contributed by atoms with Gasteiger partial charge in [0.25, 0.3) is 0 Å². The second-order valence-corrected chi connectivity index (χ2v) is 9.21. The second kappa shape index (κ2) is 13.4. The number of benzene rings is 2. The predicted molar refractivity (Wildman–Crippen MR) is 140 cm³/mol. The molecule has 1 amide bonds. The molecule has 2 aromatic carbocycles. The topological polar surface area (TPSA) is 86.2 Å². The average Bonchev–Trinajstić information content (AvgIpc) is 3.34. The van der Waals surface area contributed by atoms with Gasteiger partial charge in [0.05, 0.1) is 32.5 Å². The first-order valence-electron chi connectivity index (χ1n) is 13.3. The molecule has 1 atom stereocenters. The Labute approximate surface area is 215 Å². The van der Waals surface area contributed by atoms with E-state index in [9.17, 15) is 9.90 Å². The van der Waals surface area contributed by atoms with Crippen LogP contribution in [-0.4, -0.2) is 43.5 Å². The van der Waals surface area contributed by atoms with Crippen LogP contribution in [0.25, 0.3) is 0 Å². The zero-order valence-corrected chi connectivity index (χ0v) is 22.1. The van der Waals surface area contributed by atoms with Crippen LogP contribution in [0.1, 0.15) is 77.3 Å². The van der Waals surface area contributed by atoms with Gasteiger partial charge in [-0.15, -0.1) is 0 Å². The highest BCUT2D eigenvalue weighted by molar-refractivity contribution is 5.79. The number of amides is 1. The summed E-state index contributed by atoms with van der Waals surface area (Å²) in [4.78, 5) is 12.3. The lowest BCUT2D eigenvalue weighted by Crippen LogP contribution is -2.47. The number of carbonyl (C=O) groups excluding carboxylic acids is 1. The molecule has 0 saturated carbocycles. The monoisotopic (exact) mass is 499 g/mol. The Balaban J connectivity index is 2.17. The maximum Gasteiger partial charge on any atom is 0.220 e. The molecule has 0 bridgehead atoms. The molecule has 36 heavy (non-hydrogen) atoms. The van der Waals surface area contributed by atoms with Crippen LogP contribution in [0.5, 0.6) is 23.0 Å². The van der Waals surface area contributed by atoms with E-state index < -0.39 is 11.6 Å². The van der Waals surface area contributed by atoms with Gasteiger partial charge in [0.2, 0.25) is 5.91 Å². The van der Waals surface area contributed by atoms with Crippen molar-refractivity contribution in [3.8, 4) is 23.0 Å². The lowest BCUT2D eigenvalue weighted by Gasteiger charge is -2.36. The predicted octanol–water partition coefficient (Wildman–Crippen LogP) is 5.36. The quantitative estimate of drug-likeness (QED) is 0.343. The minimum atomic E-state index is -1.56. The van der Waals surface area contributed by atoms with Gasteiger partial charge in [-0.2, -0.15) is 0 Å². The highest BCUT2D eigenvalue weighted by atomic mass is 16.5. The van der Waals surface area contributed by atoms with Crippen LogP contribution in [-0.2, 0) is 10.4 Å². The van der Waals surface area contributed by atoms with Gasteiger partial charge in [-0.25, -0.2) is 0 Å². The first kappa shape index (κ1) is 27.7. The van der Waals surface area contributed by atoms with E-state index in [0.717, 1.165) is 25.7 Å². The first-order valence-corrected chi connectivity index (χ1v) is 13.3. The summed E-state index contributed by atoms with van der Waals surface area (Å²) in [6.45, 7) is 10.4. The van der Waals surface area contributed by atoms with Gasteiger partial charge < -0.3 is 29.4 Å². The summed E-state index contributed by atoms with van der Waals surface area (Å²) >= 11 is 0. The van der Waals surface area contributed by atoms with Gasteiger partial charge in [0, 0.05) is 18.6 Å². The van der Waals surface area contributed by atoms with E-state index in [4.69, 9.17) is 18.9 Å². The second-order valence-electron chi connectivity index (χ2n) is 9.21. The van der Waals surface area contributed by atoms with E-state index in [1.165, 1.54) is 0 Å². The fourth-order valence-electron chi connectivity index (χ4n) is 4.29. The fraction of sp³-hybridized carbons (Fsp3) is 0.552. The Morgan fingerprint density at radius 2 is 1.08 bits per heavy atom. The van der Waals surface area contributed by atoms with Crippen LogP contribution in [0.4, 0.5) is 0 Å². The molecule has 2 N–H and O–H groups in total. The summed E-state index contributed by atoms with van der Waals surface area (Å²) in [7, 11) is 0. The number of hydrogen-bond acceptors (Lipinski definition) is 6. The Morgan fingerprint density at radius 1 is 0.722 bits per heavy atom. The molecule has 0 aliphatic carbocycles. The summed E-state index contributed by atoms with van der Waals surface area (Å²) in [5.74, 6) is 2.38. The van der Waals surface area contributed by atoms with Gasteiger partial charge >= 0.3 is 0 Å². The number of rotatable bonds is 15. The number of ether oxygens (including phenoxy) is 4. The van der Waals surface area contributed by atoms with E-state index in [2.05, 4.69) is 5.32 Å². The number of aliphatic hydroxyl groups is 1. The Hall–Kier alpha value is -2.93. The minimum absolute atomic E-state index is 0.0832. The Morgan fingerprint density at radius 3 is 1.36 bits per heavy atom. The fourth-order valence-corrected chi connectivity index (χ4v) is 4.29. The van der Waals surface area contributed by atoms with Crippen molar-refractivity contribution in [2.75, 3.05) is 26.4 Å². The molecule has 1 saturated heterocycles. The average molecular weight is 500 g/mol. The van der Waals surface area contributed by atoms with Gasteiger partial charge in [-0.05, 0) is 67.5 Å². The molecule has 0 radical (unpaired) electrons. The number of hydrogen-bond donors (Lipinski definition) is 2. The van der Waals surface area contributed by atoms with Crippen LogP contribution in [0, 0.1) is 0 Å². The molecule has 1 aliphatic heterocycles. The maximum absolute atomic E-state index is 12.5. The summed E-state index contributed by atoms with van der Waals surface area (Å²) < 4.78 is 23.8. The molecule has 0 unspecified atom stereocenters. The van der Waals surface area contributed by atoms with E-state index in [0.29, 0.717) is 73.4 Å². The van der Waals surface area contributed by atoms with Crippen molar-refractivity contribution in [2.24, 2.45) is 0 Å². The third-order valence-electron chi connectivity index (χ3n) is 6.03. The number of carbonyl (C=O) groups is 1. The van der Waals surface area contributed by atoms with Crippen molar-refractivity contribution >= 4 is 5.91 Å². The van der Waals surface area contributed by atoms with Crippen LogP contribution < -0.4 is 24.3 Å². The smallest absolute Gasteiger partial charge is 0.220 e. The van der Waals surface area contributed by atoms with Crippen LogP contribution in [0.15, 0.2) is 36.4 Å². The molecule has 198 valence electrons. The van der Waals surface area contributed by atoms with E-state index in [1.54, 1.807) is 0 Å². The van der Waals surface area contributed by atoms with Crippen molar-refractivity contribution in [3.63, 3.8) is 0 Å². The van der Waals surface area contributed by atoms with Crippen molar-refractivity contribution in [3.05, 3.63) is 47.5 Å². The minimum Gasteiger partial charge on any atom is -0.493 e. The molecule has 1 fully saturated rings. The standard InChI is InChI=1S/C29H41NO6/c1-5-11-33-23-15-21(16-24(19-23)34-12-6-2)29(32,27-9-10-28(31)30-27)22-17-25(35-13-7-3)20-26(18-22)36-14-8-4/h15-20,27,32H,5-14H2,1-4H3,(H,30,31)/t27-/m1/s1. The molecule has 0 spiro atoms. The highest BCUT2D eigenvalue weighted by Crippen LogP contribution is 2.42. The molecule has 1 heterocycles. The summed E-state index contributed by atoms with van der Waals surface area (Å²) in [5.41, 5.74) is -0.384. The third kappa shape index (κ3) is 6.84. The van der Waals surface area contributed by atoms with E-state index in [1.807, 2.05) is 64.1 Å². The third-order valence-corrected chi connectivity index (χ3v) is 6.03. The summed E-state index contributed by atoms with van der Waals surface area (Å²) in [6.07, 6.45) is 4.26. The molecular formula is C29H41NO6. The first-order chi connectivity index (χ1) is 17.4. The molecular weight excluding hydrogens is 458 g/mol. The van der Waals surface area contributed by atoms with Gasteiger partial charge in [0.1, 0.15) is 28.6 Å².